The highest BCUT2D eigenvalue weighted by Crippen LogP contribution is 2.34. The summed E-state index contributed by atoms with van der Waals surface area (Å²) >= 11 is 0. The Labute approximate surface area is 117 Å². The average Bonchev–Trinajstić information content (AvgIpc) is 2.78. The van der Waals surface area contributed by atoms with Crippen molar-refractivity contribution in [3.05, 3.63) is 0 Å². The lowest BCUT2D eigenvalue weighted by Gasteiger charge is -2.34. The van der Waals surface area contributed by atoms with E-state index in [0.717, 1.165) is 45.2 Å². The van der Waals surface area contributed by atoms with Crippen LogP contribution in [-0.4, -0.2) is 46.7 Å². The van der Waals surface area contributed by atoms with Crippen molar-refractivity contribution in [2.24, 2.45) is 0 Å². The molecule has 0 saturated heterocycles. The number of hydrogen-bond donors (Lipinski definition) is 2. The van der Waals surface area contributed by atoms with Crippen molar-refractivity contribution < 1.29 is 9.90 Å². The second-order valence-corrected chi connectivity index (χ2v) is 6.04. The molecule has 0 aromatic heterocycles. The minimum atomic E-state index is -0.693. The fraction of sp³-hybridized carbons (Fsp3) is 0.933. The summed E-state index contributed by atoms with van der Waals surface area (Å²) in [5, 5.41) is 12.9. The van der Waals surface area contributed by atoms with Gasteiger partial charge in [-0.25, -0.2) is 0 Å². The molecule has 1 saturated carbocycles. The third-order valence-corrected chi connectivity index (χ3v) is 4.23. The normalized spacial score (nSPS) is 27.4. The van der Waals surface area contributed by atoms with Crippen LogP contribution >= 0.6 is 0 Å². The SMILES string of the molecule is CCCNC1(C(=O)O)CCC(N(CCC)C(C)C)C1. The number of carboxylic acid groups (broad SMARTS) is 1. The molecule has 2 unspecified atom stereocenters. The third-order valence-electron chi connectivity index (χ3n) is 4.23. The Bertz CT molecular complexity index is 294. The number of nitrogens with one attached hydrogen (secondary N) is 1. The Morgan fingerprint density at radius 2 is 2.11 bits per heavy atom. The number of hydrogen-bond acceptors (Lipinski definition) is 3. The summed E-state index contributed by atoms with van der Waals surface area (Å²) in [6.45, 7) is 10.5. The Balaban J connectivity index is 2.74. The van der Waals surface area contributed by atoms with E-state index in [2.05, 4.69) is 37.9 Å². The molecule has 0 heterocycles. The fourth-order valence-corrected chi connectivity index (χ4v) is 3.22. The minimum Gasteiger partial charge on any atom is -0.480 e. The molecule has 4 nitrogen and oxygen atoms in total. The zero-order valence-electron chi connectivity index (χ0n) is 12.9. The lowest BCUT2D eigenvalue weighted by molar-refractivity contribution is -0.144. The van der Waals surface area contributed by atoms with E-state index in [-0.39, 0.29) is 0 Å². The van der Waals surface area contributed by atoms with Crippen LogP contribution in [0.2, 0.25) is 0 Å². The summed E-state index contributed by atoms with van der Waals surface area (Å²) in [5.41, 5.74) is -0.693. The van der Waals surface area contributed by atoms with Crippen LogP contribution in [0.25, 0.3) is 0 Å². The molecule has 112 valence electrons. The summed E-state index contributed by atoms with van der Waals surface area (Å²) < 4.78 is 0. The van der Waals surface area contributed by atoms with Gasteiger partial charge in [-0.15, -0.1) is 0 Å². The summed E-state index contributed by atoms with van der Waals surface area (Å²) in [6.07, 6.45) is 4.57. The molecule has 1 aliphatic carbocycles. The summed E-state index contributed by atoms with van der Waals surface area (Å²) in [5.74, 6) is -0.677. The molecule has 1 fully saturated rings. The van der Waals surface area contributed by atoms with E-state index in [1.807, 2.05) is 0 Å². The molecule has 4 heteroatoms. The maximum Gasteiger partial charge on any atom is 0.323 e. The summed E-state index contributed by atoms with van der Waals surface area (Å²) in [4.78, 5) is 14.1. The van der Waals surface area contributed by atoms with Gasteiger partial charge in [0.15, 0.2) is 0 Å². The number of nitrogens with zero attached hydrogens (tertiary/aromatic N) is 1. The van der Waals surface area contributed by atoms with E-state index >= 15 is 0 Å². The molecule has 1 rings (SSSR count). The van der Waals surface area contributed by atoms with E-state index < -0.39 is 11.5 Å². The van der Waals surface area contributed by atoms with Gasteiger partial charge in [0.05, 0.1) is 0 Å². The third kappa shape index (κ3) is 3.93. The fourth-order valence-electron chi connectivity index (χ4n) is 3.22. The van der Waals surface area contributed by atoms with Gasteiger partial charge in [0, 0.05) is 12.1 Å². The highest BCUT2D eigenvalue weighted by molar-refractivity contribution is 5.79. The zero-order valence-corrected chi connectivity index (χ0v) is 12.9. The van der Waals surface area contributed by atoms with Crippen LogP contribution in [-0.2, 0) is 4.79 Å². The maximum atomic E-state index is 11.6. The second-order valence-electron chi connectivity index (χ2n) is 6.04. The van der Waals surface area contributed by atoms with Crippen molar-refractivity contribution in [1.82, 2.24) is 10.2 Å². The quantitative estimate of drug-likeness (QED) is 0.711. The molecular formula is C15H30N2O2. The Kier molecular flexibility index (Phi) is 6.27. The first-order valence-corrected chi connectivity index (χ1v) is 7.71. The van der Waals surface area contributed by atoms with Crippen LogP contribution in [0.3, 0.4) is 0 Å². The van der Waals surface area contributed by atoms with Crippen molar-refractivity contribution in [2.45, 2.75) is 77.4 Å². The molecule has 0 aromatic carbocycles. The smallest absolute Gasteiger partial charge is 0.323 e. The van der Waals surface area contributed by atoms with Crippen LogP contribution in [0.4, 0.5) is 0 Å². The Hall–Kier alpha value is -0.610. The molecule has 2 N–H and O–H groups in total. The van der Waals surface area contributed by atoms with Crippen molar-refractivity contribution in [3.8, 4) is 0 Å². The van der Waals surface area contributed by atoms with Gasteiger partial charge < -0.3 is 10.4 Å². The highest BCUT2D eigenvalue weighted by atomic mass is 16.4. The zero-order chi connectivity index (χ0) is 14.5. The number of rotatable bonds is 8. The van der Waals surface area contributed by atoms with E-state index in [1.54, 1.807) is 0 Å². The first-order valence-electron chi connectivity index (χ1n) is 7.71. The molecule has 19 heavy (non-hydrogen) atoms. The number of carboxylic acids is 1. The lowest BCUT2D eigenvalue weighted by Crippen LogP contribution is -2.52. The maximum absolute atomic E-state index is 11.6. The molecule has 0 radical (unpaired) electrons. The Morgan fingerprint density at radius 1 is 1.42 bits per heavy atom. The van der Waals surface area contributed by atoms with Gasteiger partial charge in [-0.2, -0.15) is 0 Å². The second kappa shape index (κ2) is 7.25. The van der Waals surface area contributed by atoms with Gasteiger partial charge in [-0.1, -0.05) is 13.8 Å². The van der Waals surface area contributed by atoms with E-state index in [9.17, 15) is 9.90 Å². The molecule has 0 aromatic rings. The monoisotopic (exact) mass is 270 g/mol. The minimum absolute atomic E-state index is 0.403. The first-order chi connectivity index (χ1) is 8.96. The highest BCUT2D eigenvalue weighted by Gasteiger charge is 2.46. The molecule has 0 bridgehead atoms. The van der Waals surface area contributed by atoms with E-state index in [0.29, 0.717) is 12.1 Å². The number of aliphatic carboxylic acids is 1. The molecule has 0 aliphatic heterocycles. The largest absolute Gasteiger partial charge is 0.480 e. The molecule has 0 amide bonds. The average molecular weight is 270 g/mol. The van der Waals surface area contributed by atoms with Crippen molar-refractivity contribution >= 4 is 5.97 Å². The van der Waals surface area contributed by atoms with Gasteiger partial charge in [0.25, 0.3) is 0 Å². The molecule has 1 aliphatic rings. The van der Waals surface area contributed by atoms with Crippen molar-refractivity contribution in [3.63, 3.8) is 0 Å². The van der Waals surface area contributed by atoms with E-state index in [1.165, 1.54) is 0 Å². The van der Waals surface area contributed by atoms with Gasteiger partial charge >= 0.3 is 5.97 Å². The molecule has 0 spiro atoms. The van der Waals surface area contributed by atoms with Crippen LogP contribution in [0.1, 0.15) is 59.8 Å². The van der Waals surface area contributed by atoms with Crippen LogP contribution in [0, 0.1) is 0 Å². The summed E-state index contributed by atoms with van der Waals surface area (Å²) in [7, 11) is 0. The van der Waals surface area contributed by atoms with Crippen LogP contribution in [0.15, 0.2) is 0 Å². The first kappa shape index (κ1) is 16.4. The van der Waals surface area contributed by atoms with E-state index in [4.69, 9.17) is 0 Å². The van der Waals surface area contributed by atoms with Crippen LogP contribution in [0.5, 0.6) is 0 Å². The summed E-state index contributed by atoms with van der Waals surface area (Å²) in [6, 6.07) is 0.890. The van der Waals surface area contributed by atoms with Gasteiger partial charge in [0.1, 0.15) is 5.54 Å². The predicted octanol–water partition coefficient (Wildman–Crippen LogP) is 2.48. The van der Waals surface area contributed by atoms with Crippen molar-refractivity contribution in [1.29, 1.82) is 0 Å². The number of carbonyl (C=O) groups is 1. The van der Waals surface area contributed by atoms with Crippen molar-refractivity contribution in [2.75, 3.05) is 13.1 Å². The van der Waals surface area contributed by atoms with Crippen LogP contribution < -0.4 is 5.32 Å². The van der Waals surface area contributed by atoms with Gasteiger partial charge in [-0.3, -0.25) is 9.69 Å². The molecule has 2 atom stereocenters. The predicted molar refractivity (Wildman–Crippen MR) is 78.4 cm³/mol. The topological polar surface area (TPSA) is 52.6 Å². The standard InChI is InChI=1S/C15H30N2O2/c1-5-9-16-15(14(18)19)8-7-13(11-15)17(10-6-2)12(3)4/h12-13,16H,5-11H2,1-4H3,(H,18,19). The Morgan fingerprint density at radius 3 is 2.58 bits per heavy atom. The van der Waals surface area contributed by atoms with Gasteiger partial charge in [-0.05, 0) is 59.0 Å². The van der Waals surface area contributed by atoms with Gasteiger partial charge in [0.2, 0.25) is 0 Å². The lowest BCUT2D eigenvalue weighted by atomic mass is 9.96. The molecular weight excluding hydrogens is 240 g/mol.